The fourth-order valence-corrected chi connectivity index (χ4v) is 3.29. The number of carbonyl (C=O) groups excluding carboxylic acids is 1. The minimum Gasteiger partial charge on any atom is -0.308 e. The van der Waals surface area contributed by atoms with E-state index in [0.29, 0.717) is 5.13 Å². The van der Waals surface area contributed by atoms with E-state index in [-0.39, 0.29) is 11.0 Å². The van der Waals surface area contributed by atoms with Crippen molar-refractivity contribution in [1.29, 1.82) is 0 Å². The first-order chi connectivity index (χ1) is 11.8. The number of nitrogens with zero attached hydrogens (tertiary/aromatic N) is 1. The fraction of sp³-hybridized carbons (Fsp3) is 0.211. The third kappa shape index (κ3) is 4.03. The highest BCUT2D eigenvalue weighted by molar-refractivity contribution is 7.80. The lowest BCUT2D eigenvalue weighted by atomic mass is 9.96. The number of hydrogen-bond donors (Lipinski definition) is 2. The summed E-state index contributed by atoms with van der Waals surface area (Å²) in [6, 6.07) is 14.4. The number of thiocarbonyl (C=S) groups is 1. The molecule has 6 heteroatoms. The molecule has 0 aliphatic rings. The highest BCUT2D eigenvalue weighted by Gasteiger charge is 2.22. The Morgan fingerprint density at radius 2 is 1.84 bits per heavy atom. The van der Waals surface area contributed by atoms with Gasteiger partial charge in [0, 0.05) is 16.4 Å². The van der Waals surface area contributed by atoms with Crippen molar-refractivity contribution >= 4 is 50.5 Å². The molecular formula is C19H19N3OS2. The van der Waals surface area contributed by atoms with E-state index in [1.807, 2.05) is 44.4 Å². The van der Waals surface area contributed by atoms with Crippen LogP contribution in [-0.2, 0) is 4.79 Å². The molecule has 3 aromatic rings. The van der Waals surface area contributed by atoms with Gasteiger partial charge in [-0.3, -0.25) is 4.79 Å². The summed E-state index contributed by atoms with van der Waals surface area (Å²) in [6.07, 6.45) is 0. The van der Waals surface area contributed by atoms with E-state index >= 15 is 0 Å². The number of fused-ring (bicyclic) bond motifs is 1. The molecule has 0 aliphatic heterocycles. The predicted molar refractivity (Wildman–Crippen MR) is 109 cm³/mol. The van der Waals surface area contributed by atoms with E-state index in [4.69, 9.17) is 12.2 Å². The third-order valence-corrected chi connectivity index (χ3v) is 4.66. The zero-order chi connectivity index (χ0) is 18.0. The molecule has 0 saturated carbocycles. The smallest absolute Gasteiger partial charge is 0.231 e. The Morgan fingerprint density at radius 1 is 1.12 bits per heavy atom. The van der Waals surface area contributed by atoms with E-state index < -0.39 is 5.41 Å². The molecule has 0 atom stereocenters. The molecule has 0 aliphatic carbocycles. The van der Waals surface area contributed by atoms with E-state index in [0.717, 1.165) is 16.6 Å². The highest BCUT2D eigenvalue weighted by Crippen LogP contribution is 2.30. The first kappa shape index (κ1) is 17.5. The first-order valence-corrected chi connectivity index (χ1v) is 9.19. The molecule has 0 unspecified atom stereocenters. The summed E-state index contributed by atoms with van der Waals surface area (Å²) in [5, 5.41) is 10.9. The molecule has 0 fully saturated rings. The van der Waals surface area contributed by atoms with Crippen LogP contribution in [0.1, 0.15) is 20.8 Å². The van der Waals surface area contributed by atoms with Crippen LogP contribution in [-0.4, -0.2) is 16.0 Å². The Kier molecular flexibility index (Phi) is 4.83. The van der Waals surface area contributed by atoms with Crippen molar-refractivity contribution in [2.24, 2.45) is 5.41 Å². The van der Waals surface area contributed by atoms with Gasteiger partial charge in [0.15, 0.2) is 10.2 Å². The zero-order valence-corrected chi connectivity index (χ0v) is 15.9. The number of thiazole rings is 1. The van der Waals surface area contributed by atoms with E-state index in [1.54, 1.807) is 0 Å². The molecule has 4 nitrogen and oxygen atoms in total. The van der Waals surface area contributed by atoms with Crippen molar-refractivity contribution in [2.75, 3.05) is 5.32 Å². The number of benzene rings is 2. The lowest BCUT2D eigenvalue weighted by molar-refractivity contribution is -0.126. The summed E-state index contributed by atoms with van der Waals surface area (Å²) < 4.78 is 0. The largest absolute Gasteiger partial charge is 0.308 e. The van der Waals surface area contributed by atoms with Crippen molar-refractivity contribution in [3.8, 4) is 11.3 Å². The normalized spacial score (nSPS) is 11.3. The second-order valence-corrected chi connectivity index (χ2v) is 7.99. The molecule has 0 radical (unpaired) electrons. The third-order valence-electron chi connectivity index (χ3n) is 3.70. The van der Waals surface area contributed by atoms with E-state index in [9.17, 15) is 4.79 Å². The summed E-state index contributed by atoms with van der Waals surface area (Å²) >= 11 is 6.66. The number of amides is 1. The van der Waals surface area contributed by atoms with Gasteiger partial charge in [0.2, 0.25) is 5.91 Å². The average Bonchev–Trinajstić information content (AvgIpc) is 3.01. The second-order valence-electron chi connectivity index (χ2n) is 6.72. The Morgan fingerprint density at radius 3 is 2.60 bits per heavy atom. The SMILES string of the molecule is CC(C)(C)C(=O)NC(=S)Nc1nc(-c2cccc3ccccc23)cs1. The van der Waals surface area contributed by atoms with Gasteiger partial charge in [-0.15, -0.1) is 11.3 Å². The van der Waals surface area contributed by atoms with Crippen LogP contribution in [0.5, 0.6) is 0 Å². The lowest BCUT2D eigenvalue weighted by Gasteiger charge is -2.17. The van der Waals surface area contributed by atoms with Crippen LogP contribution in [0.15, 0.2) is 47.8 Å². The van der Waals surface area contributed by atoms with E-state index in [2.05, 4.69) is 39.9 Å². The van der Waals surface area contributed by atoms with Crippen LogP contribution >= 0.6 is 23.6 Å². The zero-order valence-electron chi connectivity index (χ0n) is 14.3. The topological polar surface area (TPSA) is 54.0 Å². The second kappa shape index (κ2) is 6.90. The first-order valence-electron chi connectivity index (χ1n) is 7.91. The predicted octanol–water partition coefficient (Wildman–Crippen LogP) is 4.82. The summed E-state index contributed by atoms with van der Waals surface area (Å²) in [4.78, 5) is 16.6. The minimum atomic E-state index is -0.497. The molecular weight excluding hydrogens is 350 g/mol. The van der Waals surface area contributed by atoms with Crippen LogP contribution in [0.3, 0.4) is 0 Å². The number of nitrogens with one attached hydrogen (secondary N) is 2. The van der Waals surface area contributed by atoms with Crippen molar-refractivity contribution < 1.29 is 4.79 Å². The Hall–Kier alpha value is -2.31. The summed E-state index contributed by atoms with van der Waals surface area (Å²) in [5.41, 5.74) is 1.46. The number of carbonyl (C=O) groups is 1. The Balaban J connectivity index is 1.79. The maximum atomic E-state index is 12.0. The van der Waals surface area contributed by atoms with E-state index in [1.165, 1.54) is 16.7 Å². The molecule has 1 heterocycles. The van der Waals surface area contributed by atoms with Crippen molar-refractivity contribution in [2.45, 2.75) is 20.8 Å². The molecule has 1 amide bonds. The number of rotatable bonds is 2. The molecule has 0 spiro atoms. The van der Waals surface area contributed by atoms with Crippen LogP contribution < -0.4 is 10.6 Å². The van der Waals surface area contributed by atoms with Crippen LogP contribution in [0.2, 0.25) is 0 Å². The van der Waals surface area contributed by atoms with Gasteiger partial charge in [0.1, 0.15) is 0 Å². The van der Waals surface area contributed by atoms with Gasteiger partial charge in [0.05, 0.1) is 5.69 Å². The van der Waals surface area contributed by atoms with Crippen LogP contribution in [0.25, 0.3) is 22.0 Å². The standard InChI is InChI=1S/C19H19N3OS2/c1-19(2,3)16(23)21-17(24)22-18-20-15(11-25-18)14-10-6-8-12-7-4-5-9-13(12)14/h4-11H,1-3H3,(H2,20,21,22,23,24). The quantitative estimate of drug-likeness (QED) is 0.636. The molecule has 1 aromatic heterocycles. The van der Waals surface area contributed by atoms with Crippen LogP contribution in [0.4, 0.5) is 5.13 Å². The fourth-order valence-electron chi connectivity index (χ4n) is 2.32. The summed E-state index contributed by atoms with van der Waals surface area (Å²) in [7, 11) is 0. The van der Waals surface area contributed by atoms with Crippen LogP contribution in [0, 0.1) is 5.41 Å². The Labute approximate surface area is 156 Å². The Bertz CT molecular complexity index is 936. The van der Waals surface area contributed by atoms with Crippen molar-refractivity contribution in [3.63, 3.8) is 0 Å². The highest BCUT2D eigenvalue weighted by atomic mass is 32.1. The average molecular weight is 370 g/mol. The van der Waals surface area contributed by atoms with Crippen molar-refractivity contribution in [3.05, 3.63) is 47.8 Å². The lowest BCUT2D eigenvalue weighted by Crippen LogP contribution is -2.41. The summed E-state index contributed by atoms with van der Waals surface area (Å²) in [5.74, 6) is -0.129. The maximum absolute atomic E-state index is 12.0. The molecule has 25 heavy (non-hydrogen) atoms. The van der Waals surface area contributed by atoms with Gasteiger partial charge in [0.25, 0.3) is 0 Å². The summed E-state index contributed by atoms with van der Waals surface area (Å²) in [6.45, 7) is 5.52. The van der Waals surface area contributed by atoms with Gasteiger partial charge >= 0.3 is 0 Å². The number of hydrogen-bond acceptors (Lipinski definition) is 4. The van der Waals surface area contributed by atoms with Gasteiger partial charge in [-0.1, -0.05) is 63.2 Å². The van der Waals surface area contributed by atoms with Gasteiger partial charge in [-0.05, 0) is 23.0 Å². The molecule has 0 bridgehead atoms. The maximum Gasteiger partial charge on any atom is 0.231 e. The van der Waals surface area contributed by atoms with Crippen molar-refractivity contribution in [1.82, 2.24) is 10.3 Å². The molecule has 2 aromatic carbocycles. The van der Waals surface area contributed by atoms with Gasteiger partial charge < -0.3 is 10.6 Å². The number of anilines is 1. The molecule has 2 N–H and O–H groups in total. The molecule has 128 valence electrons. The number of aromatic nitrogens is 1. The molecule has 0 saturated heterocycles. The van der Waals surface area contributed by atoms with Gasteiger partial charge in [-0.2, -0.15) is 0 Å². The monoisotopic (exact) mass is 369 g/mol. The molecule has 3 rings (SSSR count). The minimum absolute atomic E-state index is 0.129. The van der Waals surface area contributed by atoms with Gasteiger partial charge in [-0.25, -0.2) is 4.98 Å².